The van der Waals surface area contributed by atoms with Gasteiger partial charge in [-0.15, -0.1) is 0 Å². The molecule has 2 aromatic heterocycles. The predicted octanol–water partition coefficient (Wildman–Crippen LogP) is 5.10. The van der Waals surface area contributed by atoms with Crippen molar-refractivity contribution in [2.75, 3.05) is 10.6 Å². The molecular weight excluding hydrogens is 376 g/mol. The van der Waals surface area contributed by atoms with Crippen LogP contribution in [0.1, 0.15) is 11.1 Å². The van der Waals surface area contributed by atoms with Crippen LogP contribution in [0.3, 0.4) is 0 Å². The Balaban J connectivity index is 1.70. The summed E-state index contributed by atoms with van der Waals surface area (Å²) < 4.78 is 0.998. The number of aromatic nitrogens is 3. The van der Waals surface area contributed by atoms with Crippen LogP contribution in [0.2, 0.25) is 0 Å². The molecule has 4 aromatic rings. The highest BCUT2D eigenvalue weighted by atomic mass is 32.1. The van der Waals surface area contributed by atoms with Gasteiger partial charge in [-0.2, -0.15) is 0 Å². The molecule has 0 saturated heterocycles. The van der Waals surface area contributed by atoms with E-state index in [-0.39, 0.29) is 17.3 Å². The number of aryl methyl sites for hydroxylation is 2. The number of nitrogens with one attached hydrogen (secondary N) is 2. The molecule has 0 atom stereocenters. The zero-order valence-corrected chi connectivity index (χ0v) is 15.9. The Morgan fingerprint density at radius 2 is 1.75 bits per heavy atom. The van der Waals surface area contributed by atoms with E-state index in [1.165, 1.54) is 17.7 Å². The number of nitrogens with zero attached hydrogens (tertiary/aromatic N) is 4. The Bertz CT molecular complexity index is 1190. The second kappa shape index (κ2) is 7.20. The lowest BCUT2D eigenvalue weighted by atomic mass is 10.2. The van der Waals surface area contributed by atoms with Crippen LogP contribution in [0.5, 0.6) is 0 Å². The van der Waals surface area contributed by atoms with E-state index in [0.717, 1.165) is 21.3 Å². The van der Waals surface area contributed by atoms with Gasteiger partial charge < -0.3 is 10.6 Å². The third-order valence-corrected chi connectivity index (χ3v) is 4.99. The first-order valence-corrected chi connectivity index (χ1v) is 9.28. The average molecular weight is 392 g/mol. The van der Waals surface area contributed by atoms with Crippen LogP contribution < -0.4 is 10.6 Å². The SMILES string of the molecule is Cc1cccc(Nc2ncnc(Nc3nc4ccc(C)cc4s3)c2[N+](=O)[O-])c1. The van der Waals surface area contributed by atoms with Gasteiger partial charge in [0.15, 0.2) is 5.13 Å². The van der Waals surface area contributed by atoms with Crippen LogP contribution in [-0.4, -0.2) is 19.9 Å². The van der Waals surface area contributed by atoms with Crippen molar-refractivity contribution in [1.82, 2.24) is 15.0 Å². The Kier molecular flexibility index (Phi) is 4.58. The molecule has 0 aliphatic carbocycles. The van der Waals surface area contributed by atoms with Crippen LogP contribution in [0.25, 0.3) is 10.2 Å². The minimum absolute atomic E-state index is 0.0888. The maximum absolute atomic E-state index is 11.7. The van der Waals surface area contributed by atoms with Gasteiger partial charge in [-0.3, -0.25) is 10.1 Å². The number of anilines is 4. The van der Waals surface area contributed by atoms with Gasteiger partial charge in [0.2, 0.25) is 11.6 Å². The minimum atomic E-state index is -0.502. The highest BCUT2D eigenvalue weighted by Gasteiger charge is 2.24. The first-order chi connectivity index (χ1) is 13.5. The second-order valence-electron chi connectivity index (χ2n) is 6.29. The molecule has 0 unspecified atom stereocenters. The molecular formula is C19H16N6O2S. The lowest BCUT2D eigenvalue weighted by Gasteiger charge is -2.09. The van der Waals surface area contributed by atoms with Gasteiger partial charge in [0, 0.05) is 5.69 Å². The lowest BCUT2D eigenvalue weighted by Crippen LogP contribution is -2.05. The van der Waals surface area contributed by atoms with Crippen LogP contribution in [0.15, 0.2) is 48.8 Å². The lowest BCUT2D eigenvalue weighted by molar-refractivity contribution is -0.383. The van der Waals surface area contributed by atoms with Gasteiger partial charge in [-0.05, 0) is 49.2 Å². The molecule has 9 heteroatoms. The summed E-state index contributed by atoms with van der Waals surface area (Å²) in [6.07, 6.45) is 1.28. The van der Waals surface area contributed by atoms with Crippen LogP contribution in [-0.2, 0) is 0 Å². The minimum Gasteiger partial charge on any atom is -0.334 e. The Labute approximate surface area is 164 Å². The number of hydrogen-bond acceptors (Lipinski definition) is 8. The molecule has 0 aliphatic heterocycles. The van der Waals surface area contributed by atoms with Crippen molar-refractivity contribution in [3.05, 3.63) is 70.0 Å². The van der Waals surface area contributed by atoms with E-state index in [1.54, 1.807) is 0 Å². The number of benzene rings is 2. The molecule has 140 valence electrons. The molecule has 0 amide bonds. The molecule has 0 fully saturated rings. The first kappa shape index (κ1) is 17.8. The maximum atomic E-state index is 11.7. The van der Waals surface area contributed by atoms with Crippen molar-refractivity contribution in [2.24, 2.45) is 0 Å². The van der Waals surface area contributed by atoms with Crippen molar-refractivity contribution in [2.45, 2.75) is 13.8 Å². The van der Waals surface area contributed by atoms with E-state index >= 15 is 0 Å². The average Bonchev–Trinajstić information content (AvgIpc) is 3.03. The smallest absolute Gasteiger partial charge is 0.334 e. The van der Waals surface area contributed by atoms with E-state index in [9.17, 15) is 10.1 Å². The quantitative estimate of drug-likeness (QED) is 0.359. The van der Waals surface area contributed by atoms with Crippen LogP contribution >= 0.6 is 11.3 Å². The zero-order chi connectivity index (χ0) is 19.7. The Hall–Kier alpha value is -3.59. The molecule has 2 aromatic carbocycles. The Morgan fingerprint density at radius 1 is 1.00 bits per heavy atom. The highest BCUT2D eigenvalue weighted by molar-refractivity contribution is 7.22. The highest BCUT2D eigenvalue weighted by Crippen LogP contribution is 2.35. The Morgan fingerprint density at radius 3 is 2.50 bits per heavy atom. The summed E-state index contributed by atoms with van der Waals surface area (Å²) in [5, 5.41) is 18.2. The van der Waals surface area contributed by atoms with E-state index in [4.69, 9.17) is 0 Å². The fraction of sp³-hybridized carbons (Fsp3) is 0.105. The van der Waals surface area contributed by atoms with Gasteiger partial charge in [-0.1, -0.05) is 29.5 Å². The van der Waals surface area contributed by atoms with Crippen LogP contribution in [0.4, 0.5) is 28.1 Å². The van der Waals surface area contributed by atoms with E-state index in [2.05, 4.69) is 25.6 Å². The monoisotopic (exact) mass is 392 g/mol. The summed E-state index contributed by atoms with van der Waals surface area (Å²) in [6, 6.07) is 13.4. The third kappa shape index (κ3) is 3.60. The maximum Gasteiger partial charge on any atom is 0.353 e. The molecule has 0 aliphatic rings. The van der Waals surface area contributed by atoms with Crippen molar-refractivity contribution < 1.29 is 4.92 Å². The van der Waals surface area contributed by atoms with Gasteiger partial charge in [0.05, 0.1) is 15.1 Å². The fourth-order valence-corrected chi connectivity index (χ4v) is 3.74. The molecule has 0 radical (unpaired) electrons. The zero-order valence-electron chi connectivity index (χ0n) is 15.1. The molecule has 4 rings (SSSR count). The van der Waals surface area contributed by atoms with E-state index in [1.807, 2.05) is 56.3 Å². The number of rotatable bonds is 5. The summed E-state index contributed by atoms with van der Waals surface area (Å²) in [5.41, 5.74) is 3.46. The van der Waals surface area contributed by atoms with Crippen molar-refractivity contribution >= 4 is 49.7 Å². The number of thiazole rings is 1. The van der Waals surface area contributed by atoms with Gasteiger partial charge in [-0.25, -0.2) is 15.0 Å². The largest absolute Gasteiger partial charge is 0.353 e. The van der Waals surface area contributed by atoms with Gasteiger partial charge in [0.25, 0.3) is 0 Å². The van der Waals surface area contributed by atoms with Crippen molar-refractivity contribution in [3.8, 4) is 0 Å². The molecule has 2 heterocycles. The van der Waals surface area contributed by atoms with E-state index < -0.39 is 4.92 Å². The predicted molar refractivity (Wildman–Crippen MR) is 111 cm³/mol. The van der Waals surface area contributed by atoms with Crippen molar-refractivity contribution in [3.63, 3.8) is 0 Å². The van der Waals surface area contributed by atoms with Gasteiger partial charge in [0.1, 0.15) is 6.33 Å². The molecule has 0 saturated carbocycles. The number of nitro groups is 1. The van der Waals surface area contributed by atoms with E-state index in [0.29, 0.717) is 10.8 Å². The molecule has 28 heavy (non-hydrogen) atoms. The molecule has 2 N–H and O–H groups in total. The summed E-state index contributed by atoms with van der Waals surface area (Å²) >= 11 is 1.41. The molecule has 0 spiro atoms. The van der Waals surface area contributed by atoms with Crippen molar-refractivity contribution in [1.29, 1.82) is 0 Å². The molecule has 8 nitrogen and oxygen atoms in total. The first-order valence-electron chi connectivity index (χ1n) is 8.47. The second-order valence-corrected chi connectivity index (χ2v) is 7.32. The van der Waals surface area contributed by atoms with Crippen LogP contribution in [0, 0.1) is 24.0 Å². The summed E-state index contributed by atoms with van der Waals surface area (Å²) in [5.74, 6) is 0.205. The molecule has 0 bridgehead atoms. The standard InChI is InChI=1S/C19H16N6O2S/c1-11-4-3-5-13(8-11)22-17-16(25(26)27)18(21-10-20-17)24-19-23-14-7-6-12(2)9-15(14)28-19/h3-10H,1-2H3,(H2,20,21,22,23,24). The third-order valence-electron chi connectivity index (χ3n) is 4.05. The number of hydrogen-bond donors (Lipinski definition) is 2. The normalized spacial score (nSPS) is 10.8. The summed E-state index contributed by atoms with van der Waals surface area (Å²) in [7, 11) is 0. The fourth-order valence-electron chi connectivity index (χ4n) is 2.78. The van der Waals surface area contributed by atoms with Gasteiger partial charge >= 0.3 is 5.69 Å². The topological polar surface area (TPSA) is 106 Å². The number of fused-ring (bicyclic) bond motifs is 1. The summed E-state index contributed by atoms with van der Waals surface area (Å²) in [4.78, 5) is 23.8. The summed E-state index contributed by atoms with van der Waals surface area (Å²) in [6.45, 7) is 3.95.